The van der Waals surface area contributed by atoms with Crippen LogP contribution in [0.15, 0.2) is 54.6 Å². The molecule has 4 heteroatoms. The Morgan fingerprint density at radius 2 is 1.69 bits per heavy atom. The maximum absolute atomic E-state index is 13.2. The third kappa shape index (κ3) is 1.80. The van der Waals surface area contributed by atoms with Gasteiger partial charge >= 0.3 is 0 Å². The molecule has 1 spiro atoms. The number of fused-ring (bicyclic) bond motifs is 4. The Labute approximate surface area is 152 Å². The van der Waals surface area contributed by atoms with Gasteiger partial charge in [0, 0.05) is 40.4 Å². The molecule has 0 radical (unpaired) electrons. The number of hydrogen-bond donors (Lipinski definition) is 2. The second-order valence-corrected chi connectivity index (χ2v) is 7.12. The van der Waals surface area contributed by atoms with Crippen molar-refractivity contribution < 1.29 is 4.79 Å². The van der Waals surface area contributed by atoms with E-state index in [1.165, 1.54) is 11.3 Å². The summed E-state index contributed by atoms with van der Waals surface area (Å²) in [5.74, 6) is 0.0213. The Morgan fingerprint density at radius 3 is 2.50 bits per heavy atom. The third-order valence-electron chi connectivity index (χ3n) is 5.85. The number of benzene rings is 2. The Morgan fingerprint density at radius 1 is 0.962 bits per heavy atom. The maximum atomic E-state index is 13.2. The summed E-state index contributed by atoms with van der Waals surface area (Å²) in [5, 5.41) is 6.65. The SMILES string of the molecule is Cc1c2c(c(C)n1-c1ccccc1)[C@@]1(NCC2)C(=O)Nc2ccccc21. The summed E-state index contributed by atoms with van der Waals surface area (Å²) in [7, 11) is 0. The van der Waals surface area contributed by atoms with Gasteiger partial charge in [0.1, 0.15) is 0 Å². The van der Waals surface area contributed by atoms with Gasteiger partial charge in [-0.2, -0.15) is 0 Å². The van der Waals surface area contributed by atoms with E-state index in [0.29, 0.717) is 0 Å². The highest BCUT2D eigenvalue weighted by Crippen LogP contribution is 2.46. The lowest BCUT2D eigenvalue weighted by Gasteiger charge is -2.34. The molecule has 0 fully saturated rings. The van der Waals surface area contributed by atoms with Crippen molar-refractivity contribution in [2.45, 2.75) is 25.8 Å². The van der Waals surface area contributed by atoms with Crippen LogP contribution >= 0.6 is 0 Å². The lowest BCUT2D eigenvalue weighted by molar-refractivity contribution is -0.120. The Balaban J connectivity index is 1.83. The fraction of sp³-hybridized carbons (Fsp3) is 0.227. The average molecular weight is 343 g/mol. The van der Waals surface area contributed by atoms with E-state index in [4.69, 9.17) is 0 Å². The Hall–Kier alpha value is -2.85. The molecule has 2 aliphatic rings. The quantitative estimate of drug-likeness (QED) is 0.711. The minimum Gasteiger partial charge on any atom is -0.324 e. The molecule has 0 saturated carbocycles. The standard InChI is InChI=1S/C22H21N3O/c1-14-17-12-13-23-22(18-10-6-7-11-19(18)24-21(22)26)20(17)15(2)25(14)16-8-4-3-5-9-16/h3-11,23H,12-13H2,1-2H3,(H,24,26)/t22-/m1/s1. The van der Waals surface area contributed by atoms with Gasteiger partial charge in [0.25, 0.3) is 5.91 Å². The molecule has 130 valence electrons. The first-order valence-electron chi connectivity index (χ1n) is 9.07. The highest BCUT2D eigenvalue weighted by atomic mass is 16.2. The van der Waals surface area contributed by atoms with Gasteiger partial charge in [0.2, 0.25) is 0 Å². The van der Waals surface area contributed by atoms with Crippen LogP contribution < -0.4 is 10.6 Å². The molecule has 2 aromatic carbocycles. The highest BCUT2D eigenvalue weighted by molar-refractivity contribution is 6.09. The summed E-state index contributed by atoms with van der Waals surface area (Å²) in [5.41, 5.74) is 7.04. The van der Waals surface area contributed by atoms with Crippen molar-refractivity contribution in [2.75, 3.05) is 11.9 Å². The Kier molecular flexibility index (Phi) is 3.15. The van der Waals surface area contributed by atoms with Crippen molar-refractivity contribution in [3.63, 3.8) is 0 Å². The number of nitrogens with zero attached hydrogens (tertiary/aromatic N) is 1. The zero-order valence-corrected chi connectivity index (χ0v) is 15.0. The molecule has 0 saturated heterocycles. The van der Waals surface area contributed by atoms with Gasteiger partial charge < -0.3 is 9.88 Å². The number of para-hydroxylation sites is 2. The van der Waals surface area contributed by atoms with Crippen LogP contribution in [0.5, 0.6) is 0 Å². The van der Waals surface area contributed by atoms with Crippen LogP contribution in [0.4, 0.5) is 5.69 Å². The minimum atomic E-state index is -0.793. The van der Waals surface area contributed by atoms with Gasteiger partial charge in [-0.1, -0.05) is 36.4 Å². The molecule has 3 aromatic rings. The normalized spacial score (nSPS) is 20.8. The first-order chi connectivity index (χ1) is 12.6. The van der Waals surface area contributed by atoms with Crippen molar-refractivity contribution in [3.05, 3.63) is 82.7 Å². The predicted molar refractivity (Wildman–Crippen MR) is 103 cm³/mol. The molecule has 1 aromatic heterocycles. The first kappa shape index (κ1) is 15.4. The van der Waals surface area contributed by atoms with Crippen LogP contribution in [-0.4, -0.2) is 17.0 Å². The van der Waals surface area contributed by atoms with Gasteiger partial charge in [-0.15, -0.1) is 0 Å². The summed E-state index contributed by atoms with van der Waals surface area (Å²) in [6, 6.07) is 18.4. The van der Waals surface area contributed by atoms with E-state index < -0.39 is 5.54 Å². The number of amides is 1. The van der Waals surface area contributed by atoms with Gasteiger partial charge in [-0.05, 0) is 44.0 Å². The lowest BCUT2D eigenvalue weighted by atomic mass is 9.78. The summed E-state index contributed by atoms with van der Waals surface area (Å²) in [4.78, 5) is 13.2. The van der Waals surface area contributed by atoms with Crippen molar-refractivity contribution >= 4 is 11.6 Å². The van der Waals surface area contributed by atoms with Crippen LogP contribution in [0.25, 0.3) is 5.69 Å². The second kappa shape index (κ2) is 5.32. The van der Waals surface area contributed by atoms with E-state index in [1.807, 2.05) is 24.3 Å². The number of aromatic nitrogens is 1. The molecule has 4 nitrogen and oxygen atoms in total. The molecule has 26 heavy (non-hydrogen) atoms. The molecule has 0 aliphatic carbocycles. The van der Waals surface area contributed by atoms with Crippen LogP contribution in [0.3, 0.4) is 0 Å². The molecule has 2 N–H and O–H groups in total. The van der Waals surface area contributed by atoms with Gasteiger partial charge in [0.15, 0.2) is 5.54 Å². The van der Waals surface area contributed by atoms with E-state index >= 15 is 0 Å². The van der Waals surface area contributed by atoms with Crippen LogP contribution in [-0.2, 0) is 16.8 Å². The van der Waals surface area contributed by atoms with Crippen molar-refractivity contribution in [3.8, 4) is 5.69 Å². The predicted octanol–water partition coefficient (Wildman–Crippen LogP) is 3.44. The van der Waals surface area contributed by atoms with Gasteiger partial charge in [0.05, 0.1) is 0 Å². The number of hydrogen-bond acceptors (Lipinski definition) is 2. The van der Waals surface area contributed by atoms with Crippen LogP contribution in [0.1, 0.15) is 28.1 Å². The molecular formula is C22H21N3O. The minimum absolute atomic E-state index is 0.0213. The molecule has 2 aliphatic heterocycles. The fourth-order valence-corrected chi connectivity index (χ4v) is 4.81. The fourth-order valence-electron chi connectivity index (χ4n) is 4.81. The Bertz CT molecular complexity index is 1040. The zero-order chi connectivity index (χ0) is 17.9. The number of anilines is 1. The number of carbonyl (C=O) groups excluding carboxylic acids is 1. The summed E-state index contributed by atoms with van der Waals surface area (Å²) in [6.07, 6.45) is 0.930. The second-order valence-electron chi connectivity index (χ2n) is 7.12. The van der Waals surface area contributed by atoms with E-state index in [0.717, 1.165) is 41.2 Å². The topological polar surface area (TPSA) is 46.1 Å². The average Bonchev–Trinajstić information content (AvgIpc) is 3.09. The van der Waals surface area contributed by atoms with E-state index in [9.17, 15) is 4.79 Å². The van der Waals surface area contributed by atoms with E-state index in [1.54, 1.807) is 0 Å². The summed E-state index contributed by atoms with van der Waals surface area (Å²) >= 11 is 0. The number of rotatable bonds is 1. The molecule has 0 unspecified atom stereocenters. The molecular weight excluding hydrogens is 322 g/mol. The first-order valence-corrected chi connectivity index (χ1v) is 9.07. The van der Waals surface area contributed by atoms with Crippen molar-refractivity contribution in [2.24, 2.45) is 0 Å². The molecule has 5 rings (SSSR count). The molecule has 1 atom stereocenters. The van der Waals surface area contributed by atoms with Crippen LogP contribution in [0.2, 0.25) is 0 Å². The van der Waals surface area contributed by atoms with Crippen molar-refractivity contribution in [1.29, 1.82) is 0 Å². The smallest absolute Gasteiger partial charge is 0.254 e. The molecule has 1 amide bonds. The van der Waals surface area contributed by atoms with E-state index in [-0.39, 0.29) is 5.91 Å². The number of nitrogens with one attached hydrogen (secondary N) is 2. The zero-order valence-electron chi connectivity index (χ0n) is 15.0. The van der Waals surface area contributed by atoms with Crippen molar-refractivity contribution in [1.82, 2.24) is 9.88 Å². The van der Waals surface area contributed by atoms with Gasteiger partial charge in [-0.25, -0.2) is 0 Å². The monoisotopic (exact) mass is 343 g/mol. The maximum Gasteiger partial charge on any atom is 0.254 e. The highest BCUT2D eigenvalue weighted by Gasteiger charge is 2.52. The lowest BCUT2D eigenvalue weighted by Crippen LogP contribution is -2.53. The van der Waals surface area contributed by atoms with Gasteiger partial charge in [-0.3, -0.25) is 10.1 Å². The molecule has 3 heterocycles. The number of carbonyl (C=O) groups is 1. The van der Waals surface area contributed by atoms with Crippen LogP contribution in [0, 0.1) is 13.8 Å². The largest absolute Gasteiger partial charge is 0.324 e. The molecule has 0 bridgehead atoms. The third-order valence-corrected chi connectivity index (χ3v) is 5.85. The summed E-state index contributed by atoms with van der Waals surface area (Å²) in [6.45, 7) is 5.08. The van der Waals surface area contributed by atoms with E-state index in [2.05, 4.69) is 59.4 Å². The summed E-state index contributed by atoms with van der Waals surface area (Å²) < 4.78 is 2.29.